The lowest BCUT2D eigenvalue weighted by Gasteiger charge is -2.03. The molecule has 0 unspecified atom stereocenters. The normalized spacial score (nSPS) is 11.3. The van der Waals surface area contributed by atoms with E-state index in [1.165, 1.54) is 11.3 Å². The summed E-state index contributed by atoms with van der Waals surface area (Å²) in [5.41, 5.74) is 11.4. The van der Waals surface area contributed by atoms with Crippen LogP contribution in [0.2, 0.25) is 0 Å². The highest BCUT2D eigenvalue weighted by atomic mass is 32.1. The van der Waals surface area contributed by atoms with Gasteiger partial charge in [0.2, 0.25) is 5.13 Å². The average molecular weight is 374 g/mol. The molecule has 0 atom stereocenters. The molecule has 1 aromatic carbocycles. The summed E-state index contributed by atoms with van der Waals surface area (Å²) in [6.45, 7) is 0. The van der Waals surface area contributed by atoms with Gasteiger partial charge in [-0.1, -0.05) is 29.5 Å². The number of aromatic nitrogens is 7. The zero-order valence-electron chi connectivity index (χ0n) is 14.3. The molecule has 0 aliphatic rings. The highest BCUT2D eigenvalue weighted by Gasteiger charge is 2.12. The zero-order chi connectivity index (χ0) is 18.4. The quantitative estimate of drug-likeness (QED) is 0.521. The molecule has 0 aliphatic carbocycles. The van der Waals surface area contributed by atoms with Crippen molar-refractivity contribution in [1.82, 2.24) is 34.6 Å². The molecular weight excluding hydrogens is 360 g/mol. The Morgan fingerprint density at radius 1 is 0.926 bits per heavy atom. The van der Waals surface area contributed by atoms with E-state index in [1.54, 1.807) is 9.20 Å². The van der Waals surface area contributed by atoms with Crippen molar-refractivity contribution in [2.45, 2.75) is 0 Å². The van der Waals surface area contributed by atoms with Crippen LogP contribution in [0, 0.1) is 0 Å². The first kappa shape index (κ1) is 15.6. The predicted molar refractivity (Wildman–Crippen MR) is 104 cm³/mol. The number of hydrogen-bond donors (Lipinski definition) is 1. The number of nitrogens with two attached hydrogens (primary N) is 1. The lowest BCUT2D eigenvalue weighted by atomic mass is 10.1. The maximum absolute atomic E-state index is 5.70. The Labute approximate surface area is 157 Å². The van der Waals surface area contributed by atoms with Crippen molar-refractivity contribution >= 4 is 22.1 Å². The Balaban J connectivity index is 1.57. The van der Waals surface area contributed by atoms with Crippen LogP contribution in [0.3, 0.4) is 0 Å². The van der Waals surface area contributed by atoms with Crippen LogP contribution < -0.4 is 5.73 Å². The van der Waals surface area contributed by atoms with E-state index >= 15 is 0 Å². The fourth-order valence-electron chi connectivity index (χ4n) is 2.97. The number of anilines is 1. The van der Waals surface area contributed by atoms with Gasteiger partial charge < -0.3 is 5.73 Å². The first-order valence-electron chi connectivity index (χ1n) is 8.19. The van der Waals surface area contributed by atoms with Crippen molar-refractivity contribution in [2.75, 3.05) is 5.73 Å². The number of nitrogen functional groups attached to an aromatic ring is 1. The molecule has 8 nitrogen and oxygen atoms in total. The van der Waals surface area contributed by atoms with Crippen molar-refractivity contribution in [3.05, 3.63) is 55.2 Å². The van der Waals surface area contributed by atoms with Gasteiger partial charge in [-0.3, -0.25) is 4.68 Å². The Morgan fingerprint density at radius 2 is 1.78 bits per heavy atom. The molecule has 9 heteroatoms. The molecule has 0 bridgehead atoms. The minimum Gasteiger partial charge on any atom is -0.374 e. The molecule has 5 rings (SSSR count). The zero-order valence-corrected chi connectivity index (χ0v) is 15.1. The summed E-state index contributed by atoms with van der Waals surface area (Å²) in [4.78, 5) is 4.63. The van der Waals surface area contributed by atoms with E-state index in [-0.39, 0.29) is 0 Å². The molecule has 0 amide bonds. The first-order chi connectivity index (χ1) is 13.2. The number of benzene rings is 1. The lowest BCUT2D eigenvalue weighted by molar-refractivity contribution is 0.768. The number of hydrogen-bond acceptors (Lipinski definition) is 7. The number of fused-ring (bicyclic) bond motifs is 1. The van der Waals surface area contributed by atoms with Crippen LogP contribution in [0.5, 0.6) is 0 Å². The minimum absolute atomic E-state index is 0.455. The largest absolute Gasteiger partial charge is 0.374 e. The van der Waals surface area contributed by atoms with E-state index in [0.29, 0.717) is 5.13 Å². The van der Waals surface area contributed by atoms with Crippen LogP contribution in [0.25, 0.3) is 38.5 Å². The summed E-state index contributed by atoms with van der Waals surface area (Å²) in [6, 6.07) is 8.05. The first-order valence-corrected chi connectivity index (χ1v) is 9.01. The van der Waals surface area contributed by atoms with Crippen molar-refractivity contribution < 1.29 is 0 Å². The Kier molecular flexibility index (Phi) is 3.47. The van der Waals surface area contributed by atoms with Crippen LogP contribution in [0.4, 0.5) is 5.13 Å². The van der Waals surface area contributed by atoms with Gasteiger partial charge in [-0.25, -0.2) is 9.50 Å². The number of rotatable bonds is 3. The van der Waals surface area contributed by atoms with Gasteiger partial charge in [-0.2, -0.15) is 10.2 Å². The SMILES string of the molecule is Cn1cc(-c2cnc3c(-c4cccc(-c5nnc(N)s5)c4)cnn3c2)cn1. The summed E-state index contributed by atoms with van der Waals surface area (Å²) in [6.07, 6.45) is 9.38. The molecule has 4 aromatic heterocycles. The van der Waals surface area contributed by atoms with E-state index < -0.39 is 0 Å². The van der Waals surface area contributed by atoms with Crippen LogP contribution in [0.1, 0.15) is 0 Å². The molecule has 0 radical (unpaired) electrons. The summed E-state index contributed by atoms with van der Waals surface area (Å²) >= 11 is 1.36. The smallest absolute Gasteiger partial charge is 0.203 e. The second-order valence-electron chi connectivity index (χ2n) is 6.10. The average Bonchev–Trinajstić information content (AvgIpc) is 3.41. The third kappa shape index (κ3) is 2.74. The topological polar surface area (TPSA) is 99.8 Å². The van der Waals surface area contributed by atoms with Gasteiger partial charge in [0.25, 0.3) is 0 Å². The van der Waals surface area contributed by atoms with E-state index in [1.807, 2.05) is 62.3 Å². The van der Waals surface area contributed by atoms with Gasteiger partial charge >= 0.3 is 0 Å². The van der Waals surface area contributed by atoms with Gasteiger partial charge in [0, 0.05) is 47.9 Å². The number of aryl methyl sites for hydroxylation is 1. The van der Waals surface area contributed by atoms with Crippen molar-refractivity contribution in [3.63, 3.8) is 0 Å². The monoisotopic (exact) mass is 374 g/mol. The van der Waals surface area contributed by atoms with E-state index in [2.05, 4.69) is 25.4 Å². The third-order valence-corrected chi connectivity index (χ3v) is 5.06. The lowest BCUT2D eigenvalue weighted by Crippen LogP contribution is -1.91. The number of nitrogens with zero attached hydrogens (tertiary/aromatic N) is 7. The second kappa shape index (κ2) is 5.99. The molecule has 0 spiro atoms. The Hall–Kier alpha value is -3.59. The minimum atomic E-state index is 0.455. The molecular formula is C18H14N8S. The predicted octanol–water partition coefficient (Wildman–Crippen LogP) is 2.90. The summed E-state index contributed by atoms with van der Waals surface area (Å²) in [7, 11) is 1.89. The summed E-state index contributed by atoms with van der Waals surface area (Å²) in [5.74, 6) is 0. The molecule has 0 saturated heterocycles. The van der Waals surface area contributed by atoms with Crippen molar-refractivity contribution in [2.24, 2.45) is 7.05 Å². The van der Waals surface area contributed by atoms with Crippen molar-refractivity contribution in [3.8, 4) is 32.8 Å². The van der Waals surface area contributed by atoms with Gasteiger partial charge in [-0.05, 0) is 11.6 Å². The second-order valence-corrected chi connectivity index (χ2v) is 7.11. The Bertz CT molecular complexity index is 1270. The van der Waals surface area contributed by atoms with Crippen molar-refractivity contribution in [1.29, 1.82) is 0 Å². The van der Waals surface area contributed by atoms with E-state index in [4.69, 9.17) is 5.73 Å². The maximum Gasteiger partial charge on any atom is 0.203 e. The van der Waals surface area contributed by atoms with E-state index in [9.17, 15) is 0 Å². The highest BCUT2D eigenvalue weighted by molar-refractivity contribution is 7.18. The molecule has 0 aliphatic heterocycles. The molecule has 0 fully saturated rings. The van der Waals surface area contributed by atoms with Gasteiger partial charge in [0.05, 0.1) is 12.4 Å². The molecule has 4 heterocycles. The van der Waals surface area contributed by atoms with Crippen LogP contribution >= 0.6 is 11.3 Å². The molecule has 0 saturated carbocycles. The fourth-order valence-corrected chi connectivity index (χ4v) is 3.57. The van der Waals surface area contributed by atoms with Crippen LogP contribution in [-0.4, -0.2) is 34.6 Å². The van der Waals surface area contributed by atoms with Crippen LogP contribution in [0.15, 0.2) is 55.2 Å². The summed E-state index contributed by atoms with van der Waals surface area (Å²) in [5, 5.41) is 17.9. The van der Waals surface area contributed by atoms with Gasteiger partial charge in [-0.15, -0.1) is 10.2 Å². The molecule has 2 N–H and O–H groups in total. The van der Waals surface area contributed by atoms with Crippen LogP contribution in [-0.2, 0) is 7.05 Å². The third-order valence-electron chi connectivity index (χ3n) is 4.26. The van der Waals surface area contributed by atoms with Gasteiger partial charge in [0.1, 0.15) is 5.01 Å². The van der Waals surface area contributed by atoms with E-state index in [0.717, 1.165) is 38.5 Å². The highest BCUT2D eigenvalue weighted by Crippen LogP contribution is 2.31. The standard InChI is InChI=1S/C18H14N8S/c1-25-9-14(7-21-25)13-6-20-16-15(8-22-26(16)10-13)11-3-2-4-12(5-11)17-23-24-18(19)27-17/h2-10H,1H3,(H2,19,24). The Morgan fingerprint density at radius 3 is 2.56 bits per heavy atom. The fraction of sp³-hybridized carbons (Fsp3) is 0.0556. The molecule has 132 valence electrons. The maximum atomic E-state index is 5.70. The molecule has 27 heavy (non-hydrogen) atoms. The molecule has 5 aromatic rings. The summed E-state index contributed by atoms with van der Waals surface area (Å²) < 4.78 is 3.55. The van der Waals surface area contributed by atoms with Gasteiger partial charge in [0.15, 0.2) is 5.65 Å².